The summed E-state index contributed by atoms with van der Waals surface area (Å²) in [6.45, 7) is 4.24. The third-order valence-corrected chi connectivity index (χ3v) is 3.22. The molecule has 0 radical (unpaired) electrons. The summed E-state index contributed by atoms with van der Waals surface area (Å²) in [5.41, 5.74) is 1.16. The van der Waals surface area contributed by atoms with E-state index in [0.29, 0.717) is 11.8 Å². The molecule has 0 atom stereocenters. The fourth-order valence-corrected chi connectivity index (χ4v) is 2.13. The molecule has 4 nitrogen and oxygen atoms in total. The summed E-state index contributed by atoms with van der Waals surface area (Å²) in [7, 11) is 0. The zero-order chi connectivity index (χ0) is 13.3. The minimum Gasteiger partial charge on any atom is -0.465 e. The molecule has 1 aromatic heterocycles. The van der Waals surface area contributed by atoms with Gasteiger partial charge in [0.1, 0.15) is 11.6 Å². The van der Waals surface area contributed by atoms with Gasteiger partial charge in [-0.05, 0) is 18.2 Å². The van der Waals surface area contributed by atoms with Crippen molar-refractivity contribution in [3.8, 4) is 5.19 Å². The standard InChI is InChI=1S/C14H17N3OS/c1-2-15-11-13-16-17-14(19-13)18-10-6-9-12-7-4-3-5-8-12/h3-9,15H,2,10-11H2,1H3/b9-6+. The van der Waals surface area contributed by atoms with Crippen LogP contribution in [0.5, 0.6) is 5.19 Å². The van der Waals surface area contributed by atoms with Gasteiger partial charge in [-0.2, -0.15) is 0 Å². The highest BCUT2D eigenvalue weighted by Gasteiger charge is 2.03. The van der Waals surface area contributed by atoms with Crippen LogP contribution in [-0.2, 0) is 6.54 Å². The molecule has 0 spiro atoms. The Balaban J connectivity index is 1.76. The summed E-state index contributed by atoms with van der Waals surface area (Å²) in [4.78, 5) is 0. The number of ether oxygens (including phenoxy) is 1. The first kappa shape index (κ1) is 13.7. The highest BCUT2D eigenvalue weighted by atomic mass is 32.1. The van der Waals surface area contributed by atoms with Crippen LogP contribution in [0.3, 0.4) is 0 Å². The number of rotatable bonds is 7. The van der Waals surface area contributed by atoms with Crippen molar-refractivity contribution in [1.82, 2.24) is 15.5 Å². The van der Waals surface area contributed by atoms with Gasteiger partial charge < -0.3 is 10.1 Å². The SMILES string of the molecule is CCNCc1nnc(OC/C=C/c2ccccc2)s1. The Kier molecular flexibility index (Phi) is 5.52. The molecule has 19 heavy (non-hydrogen) atoms. The lowest BCUT2D eigenvalue weighted by molar-refractivity contribution is 0.358. The minimum absolute atomic E-state index is 0.505. The maximum absolute atomic E-state index is 5.52. The van der Waals surface area contributed by atoms with Gasteiger partial charge in [-0.3, -0.25) is 0 Å². The molecule has 0 aliphatic carbocycles. The monoisotopic (exact) mass is 275 g/mol. The van der Waals surface area contributed by atoms with Crippen molar-refractivity contribution in [2.24, 2.45) is 0 Å². The number of nitrogens with one attached hydrogen (secondary N) is 1. The van der Waals surface area contributed by atoms with Crippen LogP contribution in [0.25, 0.3) is 6.08 Å². The first-order valence-electron chi connectivity index (χ1n) is 6.26. The van der Waals surface area contributed by atoms with Gasteiger partial charge in [0.2, 0.25) is 0 Å². The van der Waals surface area contributed by atoms with Gasteiger partial charge in [0.05, 0.1) is 0 Å². The molecule has 0 bridgehead atoms. The van der Waals surface area contributed by atoms with E-state index in [4.69, 9.17) is 4.74 Å². The topological polar surface area (TPSA) is 47.0 Å². The Morgan fingerprint density at radius 1 is 1.26 bits per heavy atom. The summed E-state index contributed by atoms with van der Waals surface area (Å²) in [6.07, 6.45) is 4.00. The lowest BCUT2D eigenvalue weighted by Gasteiger charge is -1.96. The molecule has 0 fully saturated rings. The van der Waals surface area contributed by atoms with E-state index in [1.54, 1.807) is 0 Å². The molecule has 0 aliphatic heterocycles. The van der Waals surface area contributed by atoms with E-state index in [1.807, 2.05) is 30.4 Å². The van der Waals surface area contributed by atoms with Gasteiger partial charge in [-0.25, -0.2) is 0 Å². The fraction of sp³-hybridized carbons (Fsp3) is 0.286. The number of hydrogen-bond donors (Lipinski definition) is 1. The van der Waals surface area contributed by atoms with Crippen molar-refractivity contribution in [1.29, 1.82) is 0 Å². The summed E-state index contributed by atoms with van der Waals surface area (Å²) in [5, 5.41) is 12.8. The Hall–Kier alpha value is -1.72. The van der Waals surface area contributed by atoms with Crippen LogP contribution >= 0.6 is 11.3 Å². The van der Waals surface area contributed by atoms with Crippen molar-refractivity contribution >= 4 is 17.4 Å². The van der Waals surface area contributed by atoms with Gasteiger partial charge in [-0.15, -0.1) is 5.10 Å². The first-order chi connectivity index (χ1) is 9.38. The van der Waals surface area contributed by atoms with Gasteiger partial charge >= 0.3 is 0 Å². The largest absolute Gasteiger partial charge is 0.465 e. The second kappa shape index (κ2) is 7.66. The molecule has 1 heterocycles. The Labute approximate surface area is 117 Å². The van der Waals surface area contributed by atoms with Crippen molar-refractivity contribution in [2.75, 3.05) is 13.2 Å². The van der Waals surface area contributed by atoms with Gasteiger partial charge in [0, 0.05) is 6.54 Å². The van der Waals surface area contributed by atoms with Gasteiger partial charge in [-0.1, -0.05) is 59.8 Å². The maximum Gasteiger partial charge on any atom is 0.294 e. The molecule has 2 aromatic rings. The zero-order valence-corrected chi connectivity index (χ0v) is 11.7. The van der Waals surface area contributed by atoms with Crippen LogP contribution in [0, 0.1) is 0 Å². The molecule has 0 saturated heterocycles. The van der Waals surface area contributed by atoms with E-state index in [-0.39, 0.29) is 0 Å². The summed E-state index contributed by atoms with van der Waals surface area (Å²) in [5.74, 6) is 0. The lowest BCUT2D eigenvalue weighted by atomic mass is 10.2. The maximum atomic E-state index is 5.52. The third-order valence-electron chi connectivity index (χ3n) is 2.39. The van der Waals surface area contributed by atoms with Crippen LogP contribution in [0.4, 0.5) is 0 Å². The van der Waals surface area contributed by atoms with Crippen LogP contribution < -0.4 is 10.1 Å². The van der Waals surface area contributed by atoms with E-state index in [1.165, 1.54) is 11.3 Å². The molecule has 1 N–H and O–H groups in total. The van der Waals surface area contributed by atoms with Crippen LogP contribution in [0.15, 0.2) is 36.4 Å². The second-order valence-electron chi connectivity index (χ2n) is 3.87. The van der Waals surface area contributed by atoms with Crippen LogP contribution in [0.1, 0.15) is 17.5 Å². The van der Waals surface area contributed by atoms with E-state index in [0.717, 1.165) is 23.7 Å². The molecule has 100 valence electrons. The number of nitrogens with zero attached hydrogens (tertiary/aromatic N) is 2. The lowest BCUT2D eigenvalue weighted by Crippen LogP contribution is -2.11. The van der Waals surface area contributed by atoms with Crippen molar-refractivity contribution < 1.29 is 4.74 Å². The second-order valence-corrected chi connectivity index (χ2v) is 4.89. The number of hydrogen-bond acceptors (Lipinski definition) is 5. The molecule has 5 heteroatoms. The predicted molar refractivity (Wildman–Crippen MR) is 78.3 cm³/mol. The number of aromatic nitrogens is 2. The Morgan fingerprint density at radius 2 is 2.11 bits per heavy atom. The molecule has 0 unspecified atom stereocenters. The van der Waals surface area contributed by atoms with E-state index < -0.39 is 0 Å². The summed E-state index contributed by atoms with van der Waals surface area (Å²) < 4.78 is 5.52. The normalized spacial score (nSPS) is 11.0. The smallest absolute Gasteiger partial charge is 0.294 e. The Bertz CT molecular complexity index is 510. The van der Waals surface area contributed by atoms with E-state index >= 15 is 0 Å². The van der Waals surface area contributed by atoms with Gasteiger partial charge in [0.15, 0.2) is 0 Å². The average Bonchev–Trinajstić information content (AvgIpc) is 2.90. The van der Waals surface area contributed by atoms with Crippen LogP contribution in [0.2, 0.25) is 0 Å². The Morgan fingerprint density at radius 3 is 2.89 bits per heavy atom. The molecule has 2 rings (SSSR count). The van der Waals surface area contributed by atoms with E-state index in [9.17, 15) is 0 Å². The van der Waals surface area contributed by atoms with Crippen molar-refractivity contribution in [3.05, 3.63) is 47.0 Å². The summed E-state index contributed by atoms with van der Waals surface area (Å²) >= 11 is 1.48. The highest BCUT2D eigenvalue weighted by Crippen LogP contribution is 2.17. The zero-order valence-electron chi connectivity index (χ0n) is 10.9. The molecule has 0 amide bonds. The first-order valence-corrected chi connectivity index (χ1v) is 7.07. The predicted octanol–water partition coefficient (Wildman–Crippen LogP) is 2.74. The van der Waals surface area contributed by atoms with Crippen molar-refractivity contribution in [3.63, 3.8) is 0 Å². The van der Waals surface area contributed by atoms with Crippen LogP contribution in [-0.4, -0.2) is 23.3 Å². The molecular formula is C14H17N3OS. The molecular weight excluding hydrogens is 258 g/mol. The fourth-order valence-electron chi connectivity index (χ4n) is 1.47. The number of benzene rings is 1. The minimum atomic E-state index is 0.505. The molecule has 0 saturated carbocycles. The van der Waals surface area contributed by atoms with Crippen molar-refractivity contribution in [2.45, 2.75) is 13.5 Å². The molecule has 1 aromatic carbocycles. The molecule has 0 aliphatic rings. The van der Waals surface area contributed by atoms with E-state index in [2.05, 4.69) is 34.6 Å². The highest BCUT2D eigenvalue weighted by molar-refractivity contribution is 7.13. The summed E-state index contributed by atoms with van der Waals surface area (Å²) in [6, 6.07) is 10.1. The van der Waals surface area contributed by atoms with Gasteiger partial charge in [0.25, 0.3) is 5.19 Å². The quantitative estimate of drug-likeness (QED) is 0.844. The third kappa shape index (κ3) is 4.81. The average molecular weight is 275 g/mol.